The summed E-state index contributed by atoms with van der Waals surface area (Å²) in [6, 6.07) is 8.11. The van der Waals surface area contributed by atoms with Crippen LogP contribution < -0.4 is 11.5 Å². The van der Waals surface area contributed by atoms with Crippen LogP contribution in [0.5, 0.6) is 0 Å². The molecule has 4 N–H and O–H groups in total. The number of nitrogens with zero attached hydrogens (tertiary/aromatic N) is 1. The van der Waals surface area contributed by atoms with E-state index in [4.69, 9.17) is 20.5 Å². The van der Waals surface area contributed by atoms with Gasteiger partial charge in [0.25, 0.3) is 0 Å². The summed E-state index contributed by atoms with van der Waals surface area (Å²) in [4.78, 5) is 1.26. The third-order valence-corrected chi connectivity index (χ3v) is 6.26. The van der Waals surface area contributed by atoms with E-state index >= 15 is 0 Å². The number of phosphoric ester groups is 1. The van der Waals surface area contributed by atoms with Crippen LogP contribution in [0.25, 0.3) is 0 Å². The lowest BCUT2D eigenvalue weighted by Gasteiger charge is -2.23. The second kappa shape index (κ2) is 17.1. The largest absolute Gasteiger partial charge is 0.474 e. The van der Waals surface area contributed by atoms with Crippen LogP contribution in [0.2, 0.25) is 0 Å². The molecule has 1 aromatic carbocycles. The Morgan fingerprint density at radius 1 is 1.07 bits per heavy atom. The summed E-state index contributed by atoms with van der Waals surface area (Å²) in [5.74, 6) is 0.677. The molecule has 170 valence electrons. The first-order valence-electron chi connectivity index (χ1n) is 10.2. The van der Waals surface area contributed by atoms with Crippen LogP contribution in [0, 0.1) is 5.92 Å². The molecule has 7 nitrogen and oxygen atoms in total. The highest BCUT2D eigenvalue weighted by Gasteiger charge is 2.22. The van der Waals surface area contributed by atoms with Crippen molar-refractivity contribution in [2.24, 2.45) is 11.7 Å². The Bertz CT molecular complexity index is 551. The van der Waals surface area contributed by atoms with E-state index in [2.05, 4.69) is 34.8 Å². The topological polar surface area (TPSA) is 100 Å². The van der Waals surface area contributed by atoms with Gasteiger partial charge in [0.1, 0.15) is 0 Å². The SMILES string of the molecule is CC(C)CN(CCCCCN)Sc1ccc(N)cc1.CCOP(=O)(OC)OCC. The first-order chi connectivity index (χ1) is 13.8. The van der Waals surface area contributed by atoms with Crippen molar-refractivity contribution < 1.29 is 18.1 Å². The fraction of sp³-hybridized carbons (Fsp3) is 0.700. The zero-order valence-corrected chi connectivity index (χ0v) is 20.3. The Labute approximate surface area is 181 Å². The molecule has 0 radical (unpaired) electrons. The molecule has 0 saturated carbocycles. The van der Waals surface area contributed by atoms with Crippen molar-refractivity contribution in [2.75, 3.05) is 45.7 Å². The van der Waals surface area contributed by atoms with E-state index in [1.807, 2.05) is 24.1 Å². The number of hydrogen-bond acceptors (Lipinski definition) is 8. The maximum absolute atomic E-state index is 11.1. The number of phosphoric acid groups is 1. The van der Waals surface area contributed by atoms with Gasteiger partial charge in [-0.2, -0.15) is 0 Å². The maximum atomic E-state index is 11.1. The van der Waals surface area contributed by atoms with Crippen molar-refractivity contribution in [3.05, 3.63) is 24.3 Å². The van der Waals surface area contributed by atoms with Gasteiger partial charge < -0.3 is 11.5 Å². The summed E-state index contributed by atoms with van der Waals surface area (Å²) in [6.07, 6.45) is 3.56. The van der Waals surface area contributed by atoms with Gasteiger partial charge in [-0.1, -0.05) is 20.3 Å². The monoisotopic (exact) mass is 449 g/mol. The van der Waals surface area contributed by atoms with Crippen molar-refractivity contribution >= 4 is 25.5 Å². The Morgan fingerprint density at radius 3 is 2.10 bits per heavy atom. The normalized spacial score (nSPS) is 11.6. The highest BCUT2D eigenvalue weighted by molar-refractivity contribution is 7.97. The molecule has 0 bridgehead atoms. The quantitative estimate of drug-likeness (QED) is 0.173. The fourth-order valence-corrected chi connectivity index (χ4v) is 4.39. The summed E-state index contributed by atoms with van der Waals surface area (Å²) < 4.78 is 27.6. The summed E-state index contributed by atoms with van der Waals surface area (Å²) in [5, 5.41) is 0. The van der Waals surface area contributed by atoms with Crippen molar-refractivity contribution in [1.82, 2.24) is 4.31 Å². The van der Waals surface area contributed by atoms with Crippen LogP contribution >= 0.6 is 19.8 Å². The summed E-state index contributed by atoms with van der Waals surface area (Å²) >= 11 is 1.83. The van der Waals surface area contributed by atoms with Crippen molar-refractivity contribution in [3.63, 3.8) is 0 Å². The van der Waals surface area contributed by atoms with E-state index in [1.54, 1.807) is 13.8 Å². The molecule has 0 atom stereocenters. The molecule has 0 spiro atoms. The minimum absolute atomic E-state index is 0.325. The van der Waals surface area contributed by atoms with Crippen LogP contribution in [0.15, 0.2) is 29.2 Å². The zero-order chi connectivity index (χ0) is 22.1. The Balaban J connectivity index is 0.000000665. The summed E-state index contributed by atoms with van der Waals surface area (Å²) in [7, 11) is -1.90. The molecule has 0 fully saturated rings. The zero-order valence-electron chi connectivity index (χ0n) is 18.6. The molecular formula is C20H40N3O4PS. The number of rotatable bonds is 14. The molecular weight excluding hydrogens is 409 g/mol. The molecule has 1 aromatic rings. The van der Waals surface area contributed by atoms with E-state index in [1.165, 1.54) is 24.8 Å². The van der Waals surface area contributed by atoms with Crippen molar-refractivity contribution in [2.45, 2.75) is 51.9 Å². The number of nitrogens with two attached hydrogens (primary N) is 2. The van der Waals surface area contributed by atoms with Gasteiger partial charge in [-0.15, -0.1) is 0 Å². The third-order valence-electron chi connectivity index (χ3n) is 3.59. The van der Waals surface area contributed by atoms with Crippen molar-refractivity contribution in [1.29, 1.82) is 0 Å². The summed E-state index contributed by atoms with van der Waals surface area (Å²) in [5.41, 5.74) is 12.1. The molecule has 1 rings (SSSR count). The number of nitrogen functional groups attached to an aromatic ring is 1. The number of hydrogen-bond donors (Lipinski definition) is 2. The standard InChI is InChI=1S/C15H27N3S.C5H13O4P/c1-13(2)12-18(11-5-3-4-10-16)19-15-8-6-14(17)7-9-15;1-4-8-10(6,7-3)9-5-2/h6-9,13H,3-5,10-12,16-17H2,1-2H3;4-5H2,1-3H3. The first kappa shape index (κ1) is 28.4. The van der Waals surface area contributed by atoms with Crippen LogP contribution in [-0.4, -0.2) is 44.3 Å². The van der Waals surface area contributed by atoms with Gasteiger partial charge in [0.15, 0.2) is 0 Å². The molecule has 0 saturated heterocycles. The highest BCUT2D eigenvalue weighted by atomic mass is 32.2. The van der Waals surface area contributed by atoms with Crippen LogP contribution in [0.1, 0.15) is 47.0 Å². The molecule has 0 heterocycles. The maximum Gasteiger partial charge on any atom is 0.474 e. The predicted octanol–water partition coefficient (Wildman–Crippen LogP) is 5.18. The van der Waals surface area contributed by atoms with E-state index in [0.717, 1.165) is 31.7 Å². The minimum Gasteiger partial charge on any atom is -0.399 e. The second-order valence-corrected chi connectivity index (χ2v) is 9.70. The number of unbranched alkanes of at least 4 members (excludes halogenated alkanes) is 2. The van der Waals surface area contributed by atoms with Crippen LogP contribution in [0.3, 0.4) is 0 Å². The predicted molar refractivity (Wildman–Crippen MR) is 124 cm³/mol. The van der Waals surface area contributed by atoms with E-state index in [-0.39, 0.29) is 0 Å². The number of benzene rings is 1. The minimum atomic E-state index is -3.20. The second-order valence-electron chi connectivity index (χ2n) is 6.76. The first-order valence-corrected chi connectivity index (χ1v) is 12.5. The molecule has 0 amide bonds. The Kier molecular flexibility index (Phi) is 16.8. The average molecular weight is 450 g/mol. The van der Waals surface area contributed by atoms with Gasteiger partial charge in [-0.05, 0) is 75.4 Å². The van der Waals surface area contributed by atoms with Crippen LogP contribution in [0.4, 0.5) is 5.69 Å². The Hall–Kier alpha value is -0.600. The molecule has 0 aliphatic rings. The summed E-state index contributed by atoms with van der Waals surface area (Å²) in [6.45, 7) is 11.7. The smallest absolute Gasteiger partial charge is 0.399 e. The Morgan fingerprint density at radius 2 is 1.66 bits per heavy atom. The molecule has 0 aliphatic carbocycles. The molecule has 0 unspecified atom stereocenters. The molecule has 29 heavy (non-hydrogen) atoms. The number of anilines is 1. The van der Waals surface area contributed by atoms with Crippen molar-refractivity contribution in [3.8, 4) is 0 Å². The van der Waals surface area contributed by atoms with Gasteiger partial charge in [-0.3, -0.25) is 13.6 Å². The molecule has 0 aromatic heterocycles. The van der Waals surface area contributed by atoms with E-state index < -0.39 is 7.82 Å². The van der Waals surface area contributed by atoms with E-state index in [9.17, 15) is 4.57 Å². The van der Waals surface area contributed by atoms with E-state index in [0.29, 0.717) is 19.1 Å². The lowest BCUT2D eigenvalue weighted by Crippen LogP contribution is -2.22. The lowest BCUT2D eigenvalue weighted by atomic mass is 10.2. The third kappa shape index (κ3) is 14.9. The molecule has 9 heteroatoms. The van der Waals surface area contributed by atoms with Gasteiger partial charge in [0.2, 0.25) is 0 Å². The van der Waals surface area contributed by atoms with Gasteiger partial charge in [0.05, 0.1) is 13.2 Å². The van der Waals surface area contributed by atoms with Gasteiger partial charge in [0, 0.05) is 30.8 Å². The van der Waals surface area contributed by atoms with Crippen LogP contribution in [-0.2, 0) is 18.1 Å². The van der Waals surface area contributed by atoms with Gasteiger partial charge >= 0.3 is 7.82 Å². The van der Waals surface area contributed by atoms with Gasteiger partial charge in [-0.25, -0.2) is 8.87 Å². The lowest BCUT2D eigenvalue weighted by molar-refractivity contribution is 0.141. The molecule has 0 aliphatic heterocycles. The average Bonchev–Trinajstić information content (AvgIpc) is 2.67. The fourth-order valence-electron chi connectivity index (χ4n) is 2.33. The highest BCUT2D eigenvalue weighted by Crippen LogP contribution is 2.47.